The second-order valence-electron chi connectivity index (χ2n) is 4.66. The van der Waals surface area contributed by atoms with Gasteiger partial charge in [-0.05, 0) is 40.9 Å². The van der Waals surface area contributed by atoms with Gasteiger partial charge in [-0.25, -0.2) is 4.98 Å². The molecular formula is C12H16BrN3O. The Morgan fingerprint density at radius 2 is 2.18 bits per heavy atom. The molecular weight excluding hydrogens is 282 g/mol. The Morgan fingerprint density at radius 1 is 1.47 bits per heavy atom. The van der Waals surface area contributed by atoms with Crippen molar-refractivity contribution in [2.24, 2.45) is 5.73 Å². The molecule has 0 saturated heterocycles. The number of hydrogen-bond acceptors (Lipinski definition) is 3. The van der Waals surface area contributed by atoms with Crippen molar-refractivity contribution in [3.8, 4) is 0 Å². The first-order valence-corrected chi connectivity index (χ1v) is 6.57. The van der Waals surface area contributed by atoms with E-state index in [-0.39, 0.29) is 11.4 Å². The molecule has 0 atom stereocenters. The molecule has 1 heterocycles. The highest BCUT2D eigenvalue weighted by molar-refractivity contribution is 9.10. The molecule has 2 rings (SSSR count). The molecule has 1 aromatic heterocycles. The highest BCUT2D eigenvalue weighted by Crippen LogP contribution is 2.30. The SMILES string of the molecule is NC1(CC(=O)Nc2ccc(Br)nc2)CCCC1. The number of carbonyl (C=O) groups is 1. The first kappa shape index (κ1) is 12.5. The molecule has 1 saturated carbocycles. The Bertz CT molecular complexity index is 399. The van der Waals surface area contributed by atoms with E-state index >= 15 is 0 Å². The van der Waals surface area contributed by atoms with E-state index in [0.29, 0.717) is 12.1 Å². The number of hydrogen-bond donors (Lipinski definition) is 2. The maximum absolute atomic E-state index is 11.8. The van der Waals surface area contributed by atoms with E-state index < -0.39 is 0 Å². The van der Waals surface area contributed by atoms with E-state index in [1.165, 1.54) is 0 Å². The van der Waals surface area contributed by atoms with Gasteiger partial charge in [-0.3, -0.25) is 4.79 Å². The molecule has 0 aromatic carbocycles. The monoisotopic (exact) mass is 297 g/mol. The minimum absolute atomic E-state index is 0.0291. The van der Waals surface area contributed by atoms with Crippen molar-refractivity contribution in [1.82, 2.24) is 4.98 Å². The molecule has 0 bridgehead atoms. The Morgan fingerprint density at radius 3 is 2.76 bits per heavy atom. The van der Waals surface area contributed by atoms with Crippen molar-refractivity contribution in [2.45, 2.75) is 37.6 Å². The van der Waals surface area contributed by atoms with Crippen LogP contribution in [0.3, 0.4) is 0 Å². The van der Waals surface area contributed by atoms with E-state index in [4.69, 9.17) is 5.73 Å². The molecule has 1 aromatic rings. The average molecular weight is 298 g/mol. The predicted molar refractivity (Wildman–Crippen MR) is 70.6 cm³/mol. The van der Waals surface area contributed by atoms with Crippen LogP contribution in [-0.2, 0) is 4.79 Å². The lowest BCUT2D eigenvalue weighted by molar-refractivity contribution is -0.117. The van der Waals surface area contributed by atoms with Crippen LogP contribution in [0.5, 0.6) is 0 Å². The summed E-state index contributed by atoms with van der Waals surface area (Å²) >= 11 is 3.25. The third-order valence-corrected chi connectivity index (χ3v) is 3.59. The van der Waals surface area contributed by atoms with Gasteiger partial charge < -0.3 is 11.1 Å². The van der Waals surface area contributed by atoms with Gasteiger partial charge in [0.15, 0.2) is 0 Å². The number of nitrogens with two attached hydrogens (primary N) is 1. The minimum Gasteiger partial charge on any atom is -0.325 e. The molecule has 0 aliphatic heterocycles. The minimum atomic E-state index is -0.299. The quantitative estimate of drug-likeness (QED) is 0.842. The van der Waals surface area contributed by atoms with Crippen molar-refractivity contribution >= 4 is 27.5 Å². The third-order valence-electron chi connectivity index (χ3n) is 3.12. The summed E-state index contributed by atoms with van der Waals surface area (Å²) in [7, 11) is 0. The second kappa shape index (κ2) is 5.14. The number of pyridine rings is 1. The molecule has 1 aliphatic carbocycles. The van der Waals surface area contributed by atoms with Crippen LogP contribution in [-0.4, -0.2) is 16.4 Å². The van der Waals surface area contributed by atoms with Gasteiger partial charge in [0.1, 0.15) is 4.60 Å². The Balaban J connectivity index is 1.91. The van der Waals surface area contributed by atoms with Gasteiger partial charge in [-0.15, -0.1) is 0 Å². The fourth-order valence-corrected chi connectivity index (χ4v) is 2.47. The largest absolute Gasteiger partial charge is 0.325 e. The normalized spacial score (nSPS) is 18.0. The fourth-order valence-electron chi connectivity index (χ4n) is 2.23. The van der Waals surface area contributed by atoms with Crippen molar-refractivity contribution < 1.29 is 4.79 Å². The standard InChI is InChI=1S/C12H16BrN3O/c13-10-4-3-9(8-15-10)16-11(17)7-12(14)5-1-2-6-12/h3-4,8H,1-2,5-7,14H2,(H,16,17). The van der Waals surface area contributed by atoms with Crippen LogP contribution in [0.15, 0.2) is 22.9 Å². The van der Waals surface area contributed by atoms with E-state index in [2.05, 4.69) is 26.2 Å². The molecule has 5 heteroatoms. The van der Waals surface area contributed by atoms with Gasteiger partial charge >= 0.3 is 0 Å². The van der Waals surface area contributed by atoms with E-state index in [1.807, 2.05) is 6.07 Å². The van der Waals surface area contributed by atoms with Crippen molar-refractivity contribution in [3.63, 3.8) is 0 Å². The molecule has 92 valence electrons. The summed E-state index contributed by atoms with van der Waals surface area (Å²) in [4.78, 5) is 15.9. The Kier molecular flexibility index (Phi) is 3.79. The average Bonchev–Trinajstić information content (AvgIpc) is 2.68. The molecule has 0 unspecified atom stereocenters. The van der Waals surface area contributed by atoms with Gasteiger partial charge in [0.25, 0.3) is 0 Å². The van der Waals surface area contributed by atoms with Gasteiger partial charge in [0.05, 0.1) is 11.9 Å². The van der Waals surface area contributed by atoms with Crippen LogP contribution < -0.4 is 11.1 Å². The smallest absolute Gasteiger partial charge is 0.226 e. The van der Waals surface area contributed by atoms with Crippen molar-refractivity contribution in [2.75, 3.05) is 5.32 Å². The van der Waals surface area contributed by atoms with Crippen LogP contribution in [0, 0.1) is 0 Å². The molecule has 1 aliphatic rings. The number of aromatic nitrogens is 1. The predicted octanol–water partition coefficient (Wildman–Crippen LogP) is 2.44. The van der Waals surface area contributed by atoms with E-state index in [0.717, 1.165) is 30.3 Å². The Hall–Kier alpha value is -0.940. The second-order valence-corrected chi connectivity index (χ2v) is 5.48. The molecule has 17 heavy (non-hydrogen) atoms. The summed E-state index contributed by atoms with van der Waals surface area (Å²) in [5.41, 5.74) is 6.56. The fraction of sp³-hybridized carbons (Fsp3) is 0.500. The lowest BCUT2D eigenvalue weighted by Crippen LogP contribution is -2.40. The lowest BCUT2D eigenvalue weighted by atomic mass is 9.94. The summed E-state index contributed by atoms with van der Waals surface area (Å²) < 4.78 is 0.751. The first-order valence-electron chi connectivity index (χ1n) is 5.78. The number of rotatable bonds is 3. The van der Waals surface area contributed by atoms with Crippen molar-refractivity contribution in [1.29, 1.82) is 0 Å². The number of halogens is 1. The van der Waals surface area contributed by atoms with Crippen LogP contribution >= 0.6 is 15.9 Å². The first-order chi connectivity index (χ1) is 8.07. The molecule has 0 radical (unpaired) electrons. The van der Waals surface area contributed by atoms with Gasteiger partial charge in [-0.2, -0.15) is 0 Å². The zero-order chi connectivity index (χ0) is 12.3. The zero-order valence-electron chi connectivity index (χ0n) is 9.58. The summed E-state index contributed by atoms with van der Waals surface area (Å²) in [5, 5.41) is 2.82. The van der Waals surface area contributed by atoms with Gasteiger partial charge in [0.2, 0.25) is 5.91 Å². The number of carbonyl (C=O) groups excluding carboxylic acids is 1. The van der Waals surface area contributed by atoms with Gasteiger partial charge in [0, 0.05) is 12.0 Å². The lowest BCUT2D eigenvalue weighted by Gasteiger charge is -2.22. The summed E-state index contributed by atoms with van der Waals surface area (Å²) in [6.07, 6.45) is 6.16. The van der Waals surface area contributed by atoms with Crippen LogP contribution in [0.4, 0.5) is 5.69 Å². The molecule has 0 spiro atoms. The van der Waals surface area contributed by atoms with Crippen LogP contribution in [0.25, 0.3) is 0 Å². The maximum Gasteiger partial charge on any atom is 0.226 e. The highest BCUT2D eigenvalue weighted by Gasteiger charge is 2.31. The molecule has 1 fully saturated rings. The molecule has 4 nitrogen and oxygen atoms in total. The van der Waals surface area contributed by atoms with Gasteiger partial charge in [-0.1, -0.05) is 12.8 Å². The van der Waals surface area contributed by atoms with Crippen LogP contribution in [0.1, 0.15) is 32.1 Å². The number of nitrogens with one attached hydrogen (secondary N) is 1. The molecule has 1 amide bonds. The maximum atomic E-state index is 11.8. The van der Waals surface area contributed by atoms with E-state index in [1.54, 1.807) is 12.3 Å². The summed E-state index contributed by atoms with van der Waals surface area (Å²) in [6, 6.07) is 3.61. The molecule has 3 N–H and O–H groups in total. The summed E-state index contributed by atoms with van der Waals surface area (Å²) in [6.45, 7) is 0. The summed E-state index contributed by atoms with van der Waals surface area (Å²) in [5.74, 6) is -0.0291. The number of anilines is 1. The third kappa shape index (κ3) is 3.51. The van der Waals surface area contributed by atoms with Crippen LogP contribution in [0.2, 0.25) is 0 Å². The van der Waals surface area contributed by atoms with E-state index in [9.17, 15) is 4.79 Å². The Labute approximate surface area is 109 Å². The van der Waals surface area contributed by atoms with Crippen molar-refractivity contribution in [3.05, 3.63) is 22.9 Å². The zero-order valence-corrected chi connectivity index (χ0v) is 11.2. The topological polar surface area (TPSA) is 68.0 Å². The number of amides is 1. The highest BCUT2D eigenvalue weighted by atomic mass is 79.9. The number of nitrogens with zero attached hydrogens (tertiary/aromatic N) is 1.